The number of hydrogen-bond donors (Lipinski definition) is 1. The van der Waals surface area contributed by atoms with E-state index in [0.717, 1.165) is 0 Å². The van der Waals surface area contributed by atoms with Crippen LogP contribution in [0, 0.1) is 0 Å². The molecule has 36 valence electrons. The van der Waals surface area contributed by atoms with E-state index in [1.54, 1.807) is 0 Å². The van der Waals surface area contributed by atoms with Gasteiger partial charge in [-0.2, -0.15) is 0 Å². The molecule has 0 aromatic carbocycles. The van der Waals surface area contributed by atoms with Crippen LogP contribution in [0.25, 0.3) is 0 Å². The average molecular weight is 145 g/mol. The Balaban J connectivity index is 0. The van der Waals surface area contributed by atoms with E-state index in [0.29, 0.717) is 0 Å². The van der Waals surface area contributed by atoms with Crippen molar-refractivity contribution in [1.29, 1.82) is 0 Å². The fourth-order valence-electron chi connectivity index (χ4n) is 0. The molecule has 3 nitrogen and oxygen atoms in total. The maximum Gasteiger partial charge on any atom is 1.00 e. The largest absolute Gasteiger partial charge is 1.00 e. The molecule has 0 aliphatic carbocycles. The van der Waals surface area contributed by atoms with Gasteiger partial charge in [-0.05, 0) is 0 Å². The van der Waals surface area contributed by atoms with Crippen molar-refractivity contribution in [3.8, 4) is 0 Å². The fraction of sp³-hybridized carbons (Fsp3) is 0. The van der Waals surface area contributed by atoms with Gasteiger partial charge in [0.05, 0.1) is 11.4 Å². The summed E-state index contributed by atoms with van der Waals surface area (Å²) in [5, 5.41) is 0. The third-order valence-corrected chi connectivity index (χ3v) is 0. The van der Waals surface area contributed by atoms with Crippen molar-refractivity contribution in [3.05, 3.63) is 0 Å². The Morgan fingerprint density at radius 3 is 1.80 bits per heavy atom. The van der Waals surface area contributed by atoms with Crippen LogP contribution in [-0.4, -0.2) is 13.3 Å². The van der Waals surface area contributed by atoms with Gasteiger partial charge in [0.15, 0.2) is 0 Å². The maximum absolute atomic E-state index is 8.56. The molecular formula is HCuO3S. The molecule has 0 rings (SSSR count). The van der Waals surface area contributed by atoms with E-state index >= 15 is 0 Å². The summed E-state index contributed by atoms with van der Waals surface area (Å²) >= 11 is -2.86. The molecule has 0 bridgehead atoms. The number of rotatable bonds is 0. The monoisotopic (exact) mass is 144 g/mol. The molecule has 0 spiro atoms. The molecule has 0 amide bonds. The average Bonchev–Trinajstić information content (AvgIpc) is 0.811. The van der Waals surface area contributed by atoms with Gasteiger partial charge in [-0.25, -0.2) is 4.21 Å². The van der Waals surface area contributed by atoms with Crippen LogP contribution in [0.15, 0.2) is 0 Å². The van der Waals surface area contributed by atoms with E-state index in [9.17, 15) is 0 Å². The summed E-state index contributed by atoms with van der Waals surface area (Å²) in [4.78, 5) is 0. The molecule has 0 saturated carbocycles. The molecule has 0 aromatic heterocycles. The van der Waals surface area contributed by atoms with Crippen molar-refractivity contribution in [2.75, 3.05) is 0 Å². The van der Waals surface area contributed by atoms with E-state index in [2.05, 4.69) is 0 Å². The van der Waals surface area contributed by atoms with Gasteiger partial charge in [-0.3, -0.25) is 0 Å². The zero-order chi connectivity index (χ0) is 3.58. The summed E-state index contributed by atoms with van der Waals surface area (Å²) in [6.07, 6.45) is 0. The van der Waals surface area contributed by atoms with E-state index in [4.69, 9.17) is 13.3 Å². The molecule has 0 aromatic rings. The minimum Gasteiger partial charge on any atom is -0.750 e. The Morgan fingerprint density at radius 2 is 1.80 bits per heavy atom. The van der Waals surface area contributed by atoms with Crippen LogP contribution in [0.1, 0.15) is 0 Å². The van der Waals surface area contributed by atoms with Gasteiger partial charge in [-0.15, -0.1) is 0 Å². The van der Waals surface area contributed by atoms with Crippen molar-refractivity contribution < 1.29 is 30.4 Å². The Hall–Kier alpha value is 0.589. The third-order valence-electron chi connectivity index (χ3n) is 0. The Bertz CT molecular complexity index is 29.9. The second-order valence-corrected chi connectivity index (χ2v) is 0.651. The van der Waals surface area contributed by atoms with Gasteiger partial charge in [0, 0.05) is 0 Å². The van der Waals surface area contributed by atoms with Gasteiger partial charge in [0.25, 0.3) is 0 Å². The quantitative estimate of drug-likeness (QED) is 0.363. The summed E-state index contributed by atoms with van der Waals surface area (Å²) in [7, 11) is 0. The predicted molar refractivity (Wildman–Crippen MR) is 11.5 cm³/mol. The SMILES string of the molecule is O=S([O-])O.[Cu+]. The molecule has 0 aliphatic rings. The zero-order valence-corrected chi connectivity index (χ0v) is 3.73. The van der Waals surface area contributed by atoms with E-state index in [1.165, 1.54) is 0 Å². The molecule has 0 saturated heterocycles. The molecule has 0 aliphatic heterocycles. The molecule has 1 unspecified atom stereocenters. The molecule has 1 N–H and O–H groups in total. The molecule has 5 heteroatoms. The van der Waals surface area contributed by atoms with Crippen LogP contribution in [-0.2, 0) is 28.4 Å². The van der Waals surface area contributed by atoms with Crippen LogP contribution >= 0.6 is 0 Å². The summed E-state index contributed by atoms with van der Waals surface area (Å²) < 4.78 is 24.1. The van der Waals surface area contributed by atoms with Crippen molar-refractivity contribution in [3.63, 3.8) is 0 Å². The summed E-state index contributed by atoms with van der Waals surface area (Å²) in [5.41, 5.74) is 0. The normalized spacial score (nSPS) is 12.4. The molecule has 0 heterocycles. The first-order chi connectivity index (χ1) is 1.73. The first-order valence-electron chi connectivity index (χ1n) is 0.516. The second kappa shape index (κ2) is 4.59. The molecule has 0 radical (unpaired) electrons. The van der Waals surface area contributed by atoms with Crippen molar-refractivity contribution in [2.45, 2.75) is 0 Å². The smallest absolute Gasteiger partial charge is 0.750 e. The molecule has 1 atom stereocenters. The van der Waals surface area contributed by atoms with Crippen molar-refractivity contribution in [2.24, 2.45) is 0 Å². The van der Waals surface area contributed by atoms with Crippen LogP contribution in [0.4, 0.5) is 0 Å². The standard InChI is InChI=1S/Cu.H2O3S/c;1-4(2)3/h;(H2,1,2,3)/q+1;/p-1. The first-order valence-corrected chi connectivity index (χ1v) is 1.55. The van der Waals surface area contributed by atoms with Crippen LogP contribution in [0.5, 0.6) is 0 Å². The fourth-order valence-corrected chi connectivity index (χ4v) is 0. The molecule has 0 fully saturated rings. The van der Waals surface area contributed by atoms with Gasteiger partial charge >= 0.3 is 17.1 Å². The van der Waals surface area contributed by atoms with Gasteiger partial charge in [0.2, 0.25) is 0 Å². The van der Waals surface area contributed by atoms with E-state index in [1.807, 2.05) is 0 Å². The summed E-state index contributed by atoms with van der Waals surface area (Å²) in [6, 6.07) is 0. The van der Waals surface area contributed by atoms with Crippen LogP contribution < -0.4 is 0 Å². The predicted octanol–water partition coefficient (Wildman–Crippen LogP) is -0.664. The summed E-state index contributed by atoms with van der Waals surface area (Å²) in [5.74, 6) is 0. The molecule has 5 heavy (non-hydrogen) atoms. The number of hydrogen-bond acceptors (Lipinski definition) is 2. The topological polar surface area (TPSA) is 60.4 Å². The third kappa shape index (κ3) is 88.6. The Morgan fingerprint density at radius 1 is 1.80 bits per heavy atom. The van der Waals surface area contributed by atoms with E-state index in [-0.39, 0.29) is 17.1 Å². The van der Waals surface area contributed by atoms with Gasteiger partial charge < -0.3 is 9.11 Å². The Labute approximate surface area is 42.4 Å². The van der Waals surface area contributed by atoms with Crippen molar-refractivity contribution >= 4 is 11.4 Å². The van der Waals surface area contributed by atoms with E-state index < -0.39 is 11.4 Å². The zero-order valence-electron chi connectivity index (χ0n) is 1.97. The van der Waals surface area contributed by atoms with Crippen LogP contribution in [0.3, 0.4) is 0 Å². The first kappa shape index (κ1) is 9.14. The van der Waals surface area contributed by atoms with Gasteiger partial charge in [0.1, 0.15) is 0 Å². The van der Waals surface area contributed by atoms with Gasteiger partial charge in [-0.1, -0.05) is 0 Å². The minimum atomic E-state index is -2.86. The maximum atomic E-state index is 8.56. The Kier molecular flexibility index (Phi) is 8.39. The molecular weight excluding hydrogens is 144 g/mol. The van der Waals surface area contributed by atoms with Crippen molar-refractivity contribution in [1.82, 2.24) is 0 Å². The summed E-state index contributed by atoms with van der Waals surface area (Å²) in [6.45, 7) is 0. The second-order valence-electron chi connectivity index (χ2n) is 0.217. The minimum absolute atomic E-state index is 0. The van der Waals surface area contributed by atoms with Crippen LogP contribution in [0.2, 0.25) is 0 Å².